The zero-order valence-corrected chi connectivity index (χ0v) is 19.4. The molecule has 0 aliphatic carbocycles. The molecule has 1 amide bonds. The Morgan fingerprint density at radius 1 is 1.09 bits per heavy atom. The van der Waals surface area contributed by atoms with Crippen molar-refractivity contribution >= 4 is 45.8 Å². The monoisotopic (exact) mass is 468 g/mol. The summed E-state index contributed by atoms with van der Waals surface area (Å²) >= 11 is 12.2. The average molecular weight is 469 g/mol. The minimum Gasteiger partial charge on any atom is -0.323 e. The lowest BCUT2D eigenvalue weighted by Crippen LogP contribution is -2.34. The second-order valence-electron chi connectivity index (χ2n) is 7.60. The number of fused-ring (bicyclic) bond motifs is 1. The molecule has 4 aromatic rings. The minimum absolute atomic E-state index is 0.267. The Balaban J connectivity index is 1.90. The maximum Gasteiger partial charge on any atom is 0.253 e. The number of para-hydroxylation sites is 1. The number of aromatic nitrogens is 3. The molecule has 0 radical (unpaired) electrons. The lowest BCUT2D eigenvalue weighted by molar-refractivity contribution is -0.119. The van der Waals surface area contributed by atoms with Crippen LogP contribution in [0.2, 0.25) is 10.0 Å². The highest BCUT2D eigenvalue weighted by Gasteiger charge is 2.26. The van der Waals surface area contributed by atoms with Crippen molar-refractivity contribution in [2.75, 3.05) is 5.32 Å². The number of nitrogens with zero attached hydrogens (tertiary/aromatic N) is 3. The van der Waals surface area contributed by atoms with Crippen molar-refractivity contribution in [3.05, 3.63) is 86.3 Å². The van der Waals surface area contributed by atoms with Gasteiger partial charge in [-0.3, -0.25) is 14.2 Å². The molecular formula is C24H22Cl2N4O2. The number of anilines is 1. The van der Waals surface area contributed by atoms with Gasteiger partial charge in [-0.15, -0.1) is 0 Å². The van der Waals surface area contributed by atoms with Gasteiger partial charge in [0.25, 0.3) is 5.56 Å². The van der Waals surface area contributed by atoms with E-state index in [-0.39, 0.29) is 11.5 Å². The zero-order valence-electron chi connectivity index (χ0n) is 17.9. The Bertz CT molecular complexity index is 1380. The number of amides is 1. The van der Waals surface area contributed by atoms with E-state index in [1.54, 1.807) is 28.9 Å². The van der Waals surface area contributed by atoms with Crippen LogP contribution in [0.15, 0.2) is 59.4 Å². The zero-order chi connectivity index (χ0) is 23.0. The summed E-state index contributed by atoms with van der Waals surface area (Å²) in [4.78, 5) is 26.5. The SMILES string of the molecule is CCC(C(=O)Nc1ccc(Cl)cc1Cl)n1c(=O)cc(C)c2c(C)nn(-c3ccccc3)c21. The van der Waals surface area contributed by atoms with Crippen molar-refractivity contribution in [2.45, 2.75) is 33.2 Å². The maximum absolute atomic E-state index is 13.3. The number of nitrogens with one attached hydrogen (secondary N) is 1. The van der Waals surface area contributed by atoms with Crippen molar-refractivity contribution < 1.29 is 4.79 Å². The van der Waals surface area contributed by atoms with E-state index in [4.69, 9.17) is 28.3 Å². The molecule has 0 aliphatic rings. The van der Waals surface area contributed by atoms with Gasteiger partial charge in [-0.2, -0.15) is 5.10 Å². The third-order valence-corrected chi connectivity index (χ3v) is 5.97. The molecule has 0 saturated carbocycles. The van der Waals surface area contributed by atoms with Crippen LogP contribution in [0.4, 0.5) is 5.69 Å². The third-order valence-electron chi connectivity index (χ3n) is 5.43. The summed E-state index contributed by atoms with van der Waals surface area (Å²) in [5.74, 6) is -0.345. The quantitative estimate of drug-likeness (QED) is 0.408. The van der Waals surface area contributed by atoms with Gasteiger partial charge in [0.05, 0.1) is 22.1 Å². The molecule has 6 nitrogen and oxygen atoms in total. The fourth-order valence-electron chi connectivity index (χ4n) is 3.97. The van der Waals surface area contributed by atoms with Crippen LogP contribution >= 0.6 is 23.2 Å². The van der Waals surface area contributed by atoms with Gasteiger partial charge >= 0.3 is 0 Å². The van der Waals surface area contributed by atoms with Crippen molar-refractivity contribution in [1.82, 2.24) is 14.3 Å². The van der Waals surface area contributed by atoms with Crippen LogP contribution in [0.1, 0.15) is 30.6 Å². The van der Waals surface area contributed by atoms with Crippen LogP contribution in [0.5, 0.6) is 0 Å². The topological polar surface area (TPSA) is 68.9 Å². The van der Waals surface area contributed by atoms with Crippen molar-refractivity contribution in [3.63, 3.8) is 0 Å². The summed E-state index contributed by atoms with van der Waals surface area (Å²) in [6.45, 7) is 5.65. The van der Waals surface area contributed by atoms with Crippen LogP contribution in [0.25, 0.3) is 16.7 Å². The van der Waals surface area contributed by atoms with Gasteiger partial charge in [0.2, 0.25) is 5.91 Å². The highest BCUT2D eigenvalue weighted by molar-refractivity contribution is 6.36. The maximum atomic E-state index is 13.3. The molecule has 164 valence electrons. The third kappa shape index (κ3) is 3.92. The minimum atomic E-state index is -0.768. The molecule has 2 aromatic carbocycles. The van der Waals surface area contributed by atoms with E-state index in [2.05, 4.69) is 5.32 Å². The molecule has 32 heavy (non-hydrogen) atoms. The smallest absolute Gasteiger partial charge is 0.253 e. The fraction of sp³-hybridized carbons (Fsp3) is 0.208. The van der Waals surface area contributed by atoms with Crippen LogP contribution in [0.3, 0.4) is 0 Å². The standard InChI is InChI=1S/C24H22Cl2N4O2/c1-4-20(23(32)27-19-11-10-16(25)13-18(19)26)29-21(31)12-14(2)22-15(3)28-30(24(22)29)17-8-6-5-7-9-17/h5-13,20H,4H2,1-3H3,(H,27,32). The van der Waals surface area contributed by atoms with Gasteiger partial charge in [-0.1, -0.05) is 48.3 Å². The largest absolute Gasteiger partial charge is 0.323 e. The summed E-state index contributed by atoms with van der Waals surface area (Å²) < 4.78 is 3.25. The first kappa shape index (κ1) is 22.1. The first-order valence-electron chi connectivity index (χ1n) is 10.2. The Morgan fingerprint density at radius 3 is 2.47 bits per heavy atom. The first-order valence-corrected chi connectivity index (χ1v) is 11.0. The molecule has 0 saturated heterocycles. The Morgan fingerprint density at radius 2 is 1.81 bits per heavy atom. The first-order chi connectivity index (χ1) is 15.3. The van der Waals surface area contributed by atoms with Crippen LogP contribution in [-0.2, 0) is 4.79 Å². The lowest BCUT2D eigenvalue weighted by atomic mass is 10.1. The Kier molecular flexibility index (Phi) is 6.09. The predicted octanol–water partition coefficient (Wildman–Crippen LogP) is 5.70. The summed E-state index contributed by atoms with van der Waals surface area (Å²) in [5, 5.41) is 9.18. The Hall–Kier alpha value is -3.09. The predicted molar refractivity (Wildman–Crippen MR) is 129 cm³/mol. The highest BCUT2D eigenvalue weighted by Crippen LogP contribution is 2.29. The van der Waals surface area contributed by atoms with Crippen molar-refractivity contribution in [2.24, 2.45) is 0 Å². The van der Waals surface area contributed by atoms with E-state index in [9.17, 15) is 9.59 Å². The van der Waals surface area contributed by atoms with E-state index < -0.39 is 6.04 Å². The van der Waals surface area contributed by atoms with Crippen LogP contribution < -0.4 is 10.9 Å². The molecule has 0 spiro atoms. The van der Waals surface area contributed by atoms with Gasteiger partial charge in [-0.25, -0.2) is 4.68 Å². The summed E-state index contributed by atoms with van der Waals surface area (Å²) in [5.41, 5.74) is 3.16. The molecule has 2 aromatic heterocycles. The molecular weight excluding hydrogens is 447 g/mol. The second-order valence-corrected chi connectivity index (χ2v) is 8.45. The average Bonchev–Trinajstić information content (AvgIpc) is 3.11. The summed E-state index contributed by atoms with van der Waals surface area (Å²) in [6.07, 6.45) is 0.397. The normalized spacial score (nSPS) is 12.2. The van der Waals surface area contributed by atoms with Crippen molar-refractivity contribution in [1.29, 1.82) is 0 Å². The van der Waals surface area contributed by atoms with E-state index >= 15 is 0 Å². The number of aryl methyl sites for hydroxylation is 2. The summed E-state index contributed by atoms with van der Waals surface area (Å²) in [6, 6.07) is 15.2. The van der Waals surface area contributed by atoms with Gasteiger partial charge in [0, 0.05) is 16.5 Å². The molecule has 1 N–H and O–H groups in total. The van der Waals surface area contributed by atoms with E-state index in [1.807, 2.05) is 51.1 Å². The number of hydrogen-bond acceptors (Lipinski definition) is 3. The number of carbonyl (C=O) groups is 1. The van der Waals surface area contributed by atoms with E-state index in [0.717, 1.165) is 22.3 Å². The number of benzene rings is 2. The number of halogens is 2. The number of carbonyl (C=O) groups excluding carboxylic acids is 1. The van der Waals surface area contributed by atoms with Gasteiger partial charge in [-0.05, 0) is 56.2 Å². The second kappa shape index (κ2) is 8.81. The number of pyridine rings is 1. The van der Waals surface area contributed by atoms with Gasteiger partial charge < -0.3 is 5.32 Å². The van der Waals surface area contributed by atoms with Crippen LogP contribution in [0, 0.1) is 13.8 Å². The molecule has 8 heteroatoms. The summed E-state index contributed by atoms with van der Waals surface area (Å²) in [7, 11) is 0. The van der Waals surface area contributed by atoms with Crippen molar-refractivity contribution in [3.8, 4) is 5.69 Å². The molecule has 4 rings (SSSR count). The van der Waals surface area contributed by atoms with E-state index in [0.29, 0.717) is 27.8 Å². The number of hydrogen-bond donors (Lipinski definition) is 1. The van der Waals surface area contributed by atoms with Crippen LogP contribution in [-0.4, -0.2) is 20.3 Å². The van der Waals surface area contributed by atoms with E-state index in [1.165, 1.54) is 4.57 Å². The lowest BCUT2D eigenvalue weighted by Gasteiger charge is -2.21. The molecule has 1 unspecified atom stereocenters. The van der Waals surface area contributed by atoms with Gasteiger partial charge in [0.1, 0.15) is 11.7 Å². The van der Waals surface area contributed by atoms with Gasteiger partial charge in [0.15, 0.2) is 0 Å². The molecule has 2 heterocycles. The fourth-order valence-corrected chi connectivity index (χ4v) is 4.43. The molecule has 0 aliphatic heterocycles. The highest BCUT2D eigenvalue weighted by atomic mass is 35.5. The molecule has 0 fully saturated rings. The molecule has 0 bridgehead atoms. The number of rotatable bonds is 5. The Labute approximate surface area is 195 Å². The molecule has 1 atom stereocenters.